The zero-order valence-corrected chi connectivity index (χ0v) is 9.38. The summed E-state index contributed by atoms with van der Waals surface area (Å²) in [5.41, 5.74) is 1.00. The first-order valence-corrected chi connectivity index (χ1v) is 5.08. The predicted octanol–water partition coefficient (Wildman–Crippen LogP) is 2.32. The number of hydrogen-bond acceptors (Lipinski definition) is 3. The van der Waals surface area contributed by atoms with Gasteiger partial charge in [0.2, 0.25) is 0 Å². The van der Waals surface area contributed by atoms with E-state index >= 15 is 0 Å². The molecule has 1 N–H and O–H groups in total. The Labute approximate surface area is 97.5 Å². The average molecular weight is 249 g/mol. The van der Waals surface area contributed by atoms with Crippen molar-refractivity contribution >= 4 is 0 Å². The third-order valence-electron chi connectivity index (χ3n) is 1.90. The minimum absolute atomic E-state index is 0.136. The lowest BCUT2D eigenvalue weighted by molar-refractivity contribution is -0.325. The number of benzene rings is 1. The largest absolute Gasteiger partial charge is 0.522 e. The Morgan fingerprint density at radius 2 is 2.00 bits per heavy atom. The molecule has 1 aromatic carbocycles. The van der Waals surface area contributed by atoms with Crippen molar-refractivity contribution in [2.45, 2.75) is 12.9 Å². The van der Waals surface area contributed by atoms with Gasteiger partial charge in [0, 0.05) is 6.54 Å². The van der Waals surface area contributed by atoms with Crippen molar-refractivity contribution in [3.8, 4) is 5.75 Å². The van der Waals surface area contributed by atoms with E-state index in [2.05, 4.69) is 10.1 Å². The lowest BCUT2D eigenvalue weighted by Crippen LogP contribution is -2.18. The van der Waals surface area contributed by atoms with E-state index in [0.717, 1.165) is 5.56 Å². The van der Waals surface area contributed by atoms with E-state index in [4.69, 9.17) is 4.74 Å². The second-order valence-corrected chi connectivity index (χ2v) is 3.32. The summed E-state index contributed by atoms with van der Waals surface area (Å²) in [7, 11) is 1.81. The smallest absolute Gasteiger partial charge is 0.491 e. The Kier molecular flexibility index (Phi) is 5.24. The standard InChI is InChI=1S/C11H14F3NO2/c1-15-8-9-3-2-4-10(7-9)16-5-6-17-11(12,13)14/h2-4,7,15H,5-6,8H2,1H3. The van der Waals surface area contributed by atoms with Gasteiger partial charge in [-0.05, 0) is 24.7 Å². The number of ether oxygens (including phenoxy) is 2. The van der Waals surface area contributed by atoms with Crippen LogP contribution >= 0.6 is 0 Å². The van der Waals surface area contributed by atoms with Crippen LogP contribution in [0.25, 0.3) is 0 Å². The zero-order valence-electron chi connectivity index (χ0n) is 9.38. The molecule has 3 nitrogen and oxygen atoms in total. The van der Waals surface area contributed by atoms with Crippen molar-refractivity contribution in [2.75, 3.05) is 20.3 Å². The molecule has 0 radical (unpaired) electrons. The first kappa shape index (κ1) is 13.8. The van der Waals surface area contributed by atoms with Crippen molar-refractivity contribution in [1.29, 1.82) is 0 Å². The fourth-order valence-corrected chi connectivity index (χ4v) is 1.27. The van der Waals surface area contributed by atoms with E-state index in [9.17, 15) is 13.2 Å². The SMILES string of the molecule is CNCc1cccc(OCCOC(F)(F)F)c1. The molecule has 0 saturated carbocycles. The van der Waals surface area contributed by atoms with Crippen molar-refractivity contribution in [1.82, 2.24) is 5.32 Å². The van der Waals surface area contributed by atoms with E-state index < -0.39 is 13.0 Å². The fourth-order valence-electron chi connectivity index (χ4n) is 1.27. The van der Waals surface area contributed by atoms with Crippen LogP contribution in [0.3, 0.4) is 0 Å². The summed E-state index contributed by atoms with van der Waals surface area (Å²) in [5, 5.41) is 2.97. The van der Waals surface area contributed by atoms with E-state index in [0.29, 0.717) is 12.3 Å². The number of nitrogens with one attached hydrogen (secondary N) is 1. The second kappa shape index (κ2) is 6.46. The summed E-state index contributed by atoms with van der Waals surface area (Å²) < 4.78 is 43.7. The highest BCUT2D eigenvalue weighted by atomic mass is 19.4. The summed E-state index contributed by atoms with van der Waals surface area (Å²) in [6.45, 7) is 0.0263. The first-order valence-electron chi connectivity index (χ1n) is 5.08. The number of rotatable bonds is 6. The molecule has 0 aliphatic carbocycles. The Morgan fingerprint density at radius 3 is 2.65 bits per heavy atom. The Balaban J connectivity index is 2.34. The van der Waals surface area contributed by atoms with Gasteiger partial charge in [0.15, 0.2) is 0 Å². The highest BCUT2D eigenvalue weighted by Crippen LogP contribution is 2.16. The average Bonchev–Trinajstić information content (AvgIpc) is 2.24. The topological polar surface area (TPSA) is 30.5 Å². The van der Waals surface area contributed by atoms with E-state index in [1.165, 1.54) is 0 Å². The molecular formula is C11H14F3NO2. The minimum Gasteiger partial charge on any atom is -0.491 e. The molecule has 1 rings (SSSR count). The number of hydrogen-bond donors (Lipinski definition) is 1. The zero-order chi connectivity index (χ0) is 12.7. The molecule has 0 heterocycles. The van der Waals surface area contributed by atoms with Gasteiger partial charge in [-0.25, -0.2) is 0 Å². The van der Waals surface area contributed by atoms with Gasteiger partial charge in [0.1, 0.15) is 12.4 Å². The van der Waals surface area contributed by atoms with Gasteiger partial charge in [-0.2, -0.15) is 0 Å². The van der Waals surface area contributed by atoms with Crippen molar-refractivity contribution in [3.05, 3.63) is 29.8 Å². The molecule has 1 aromatic rings. The molecular weight excluding hydrogens is 235 g/mol. The van der Waals surface area contributed by atoms with Gasteiger partial charge >= 0.3 is 6.36 Å². The molecule has 0 saturated heterocycles. The molecule has 17 heavy (non-hydrogen) atoms. The quantitative estimate of drug-likeness (QED) is 0.785. The molecule has 0 atom stereocenters. The molecule has 0 bridgehead atoms. The normalized spacial score (nSPS) is 11.5. The third kappa shape index (κ3) is 6.13. The molecule has 0 aromatic heterocycles. The third-order valence-corrected chi connectivity index (χ3v) is 1.90. The van der Waals surface area contributed by atoms with Crippen LogP contribution in [-0.4, -0.2) is 26.6 Å². The van der Waals surface area contributed by atoms with Gasteiger partial charge in [-0.15, -0.1) is 13.2 Å². The van der Waals surface area contributed by atoms with Crippen molar-refractivity contribution in [3.63, 3.8) is 0 Å². The van der Waals surface area contributed by atoms with Crippen LogP contribution in [0.15, 0.2) is 24.3 Å². The molecule has 6 heteroatoms. The monoisotopic (exact) mass is 249 g/mol. The maximum Gasteiger partial charge on any atom is 0.522 e. The highest BCUT2D eigenvalue weighted by Gasteiger charge is 2.28. The lowest BCUT2D eigenvalue weighted by Gasteiger charge is -2.09. The van der Waals surface area contributed by atoms with Crippen LogP contribution in [0.2, 0.25) is 0 Å². The van der Waals surface area contributed by atoms with Gasteiger partial charge < -0.3 is 10.1 Å². The van der Waals surface area contributed by atoms with E-state index in [-0.39, 0.29) is 6.61 Å². The summed E-state index contributed by atoms with van der Waals surface area (Å²) in [6, 6.07) is 7.14. The highest BCUT2D eigenvalue weighted by molar-refractivity contribution is 5.28. The minimum atomic E-state index is -4.60. The number of alkyl halides is 3. The van der Waals surface area contributed by atoms with Gasteiger partial charge in [0.05, 0.1) is 6.61 Å². The molecule has 96 valence electrons. The van der Waals surface area contributed by atoms with Crippen LogP contribution in [0.1, 0.15) is 5.56 Å². The van der Waals surface area contributed by atoms with E-state index in [1.807, 2.05) is 13.1 Å². The van der Waals surface area contributed by atoms with Crippen molar-refractivity contribution < 1.29 is 22.6 Å². The fraction of sp³-hybridized carbons (Fsp3) is 0.455. The van der Waals surface area contributed by atoms with Gasteiger partial charge in [-0.1, -0.05) is 12.1 Å². The Morgan fingerprint density at radius 1 is 1.24 bits per heavy atom. The maximum absolute atomic E-state index is 11.7. The van der Waals surface area contributed by atoms with Crippen LogP contribution in [0.4, 0.5) is 13.2 Å². The summed E-state index contributed by atoms with van der Waals surface area (Å²) >= 11 is 0. The number of halogens is 3. The molecule has 0 aliphatic heterocycles. The Hall–Kier alpha value is -1.27. The van der Waals surface area contributed by atoms with Crippen LogP contribution < -0.4 is 10.1 Å². The van der Waals surface area contributed by atoms with Gasteiger partial charge in [-0.3, -0.25) is 4.74 Å². The molecule has 0 amide bonds. The second-order valence-electron chi connectivity index (χ2n) is 3.32. The van der Waals surface area contributed by atoms with Crippen LogP contribution in [0, 0.1) is 0 Å². The first-order chi connectivity index (χ1) is 8.01. The summed E-state index contributed by atoms with van der Waals surface area (Å²) in [4.78, 5) is 0. The van der Waals surface area contributed by atoms with E-state index in [1.54, 1.807) is 18.2 Å². The van der Waals surface area contributed by atoms with Crippen LogP contribution in [-0.2, 0) is 11.3 Å². The lowest BCUT2D eigenvalue weighted by atomic mass is 10.2. The maximum atomic E-state index is 11.7. The summed E-state index contributed by atoms with van der Waals surface area (Å²) in [5.74, 6) is 0.531. The summed E-state index contributed by atoms with van der Waals surface area (Å²) in [6.07, 6.45) is -4.60. The molecule has 0 aliphatic rings. The molecule has 0 spiro atoms. The molecule has 0 fully saturated rings. The van der Waals surface area contributed by atoms with Crippen molar-refractivity contribution in [2.24, 2.45) is 0 Å². The Bertz CT molecular complexity index is 342. The molecule has 0 unspecified atom stereocenters. The van der Waals surface area contributed by atoms with Crippen LogP contribution in [0.5, 0.6) is 5.75 Å². The predicted molar refractivity (Wildman–Crippen MR) is 56.7 cm³/mol. The van der Waals surface area contributed by atoms with Gasteiger partial charge in [0.25, 0.3) is 0 Å².